The van der Waals surface area contributed by atoms with E-state index in [-0.39, 0.29) is 0 Å². The zero-order valence-electron chi connectivity index (χ0n) is 11.3. The summed E-state index contributed by atoms with van der Waals surface area (Å²) in [6.07, 6.45) is 0.374. The van der Waals surface area contributed by atoms with Gasteiger partial charge >= 0.3 is 5.69 Å². The Labute approximate surface area is 124 Å². The van der Waals surface area contributed by atoms with E-state index in [0.29, 0.717) is 12.0 Å². The molecule has 0 aliphatic heterocycles. The lowest BCUT2D eigenvalue weighted by Gasteiger charge is -2.03. The summed E-state index contributed by atoms with van der Waals surface area (Å²) in [5, 5.41) is 12.0. The standard InChI is InChI=1S/C16H12FNO2S/c1-10-12-6-2-3-8-14(12)21-15(10)9-11-5-4-7-13(16(11)17)18(19)20/h2-8H,9H2,1H3. The van der Waals surface area contributed by atoms with Crippen molar-refractivity contribution in [1.29, 1.82) is 0 Å². The zero-order valence-corrected chi connectivity index (χ0v) is 12.1. The van der Waals surface area contributed by atoms with Crippen molar-refractivity contribution in [2.24, 2.45) is 0 Å². The van der Waals surface area contributed by atoms with Crippen LogP contribution in [-0.2, 0) is 6.42 Å². The highest BCUT2D eigenvalue weighted by atomic mass is 32.1. The lowest BCUT2D eigenvalue weighted by atomic mass is 10.1. The molecule has 0 unspecified atom stereocenters. The van der Waals surface area contributed by atoms with Crippen LogP contribution < -0.4 is 0 Å². The van der Waals surface area contributed by atoms with Crippen molar-refractivity contribution < 1.29 is 9.31 Å². The molecule has 0 aliphatic rings. The Morgan fingerprint density at radius 3 is 2.67 bits per heavy atom. The average molecular weight is 301 g/mol. The molecule has 0 spiro atoms. The first-order chi connectivity index (χ1) is 10.1. The Morgan fingerprint density at radius 2 is 1.95 bits per heavy atom. The molecule has 0 fully saturated rings. The first-order valence-electron chi connectivity index (χ1n) is 6.46. The third-order valence-corrected chi connectivity index (χ3v) is 4.82. The maximum Gasteiger partial charge on any atom is 0.305 e. The van der Waals surface area contributed by atoms with E-state index < -0.39 is 16.4 Å². The summed E-state index contributed by atoms with van der Waals surface area (Å²) >= 11 is 1.61. The Morgan fingerprint density at radius 1 is 1.19 bits per heavy atom. The van der Waals surface area contributed by atoms with Gasteiger partial charge in [0.15, 0.2) is 0 Å². The monoisotopic (exact) mass is 301 g/mol. The third-order valence-electron chi connectivity index (χ3n) is 3.55. The van der Waals surface area contributed by atoms with E-state index in [9.17, 15) is 14.5 Å². The van der Waals surface area contributed by atoms with Gasteiger partial charge in [-0.1, -0.05) is 30.3 Å². The van der Waals surface area contributed by atoms with Crippen molar-refractivity contribution in [3.63, 3.8) is 0 Å². The molecule has 106 valence electrons. The molecule has 2 aromatic carbocycles. The summed E-state index contributed by atoms with van der Waals surface area (Å²) in [6.45, 7) is 2.00. The van der Waals surface area contributed by atoms with Crippen LogP contribution in [0.3, 0.4) is 0 Å². The van der Waals surface area contributed by atoms with E-state index in [0.717, 1.165) is 20.5 Å². The highest BCUT2D eigenvalue weighted by Gasteiger charge is 2.18. The number of fused-ring (bicyclic) bond motifs is 1. The summed E-state index contributed by atoms with van der Waals surface area (Å²) in [6, 6.07) is 12.3. The number of nitrogens with zero attached hydrogens (tertiary/aromatic N) is 1. The highest BCUT2D eigenvalue weighted by Crippen LogP contribution is 2.33. The van der Waals surface area contributed by atoms with Crippen LogP contribution in [0.4, 0.5) is 10.1 Å². The lowest BCUT2D eigenvalue weighted by molar-refractivity contribution is -0.387. The van der Waals surface area contributed by atoms with E-state index in [2.05, 4.69) is 0 Å². The number of nitro groups is 1. The number of halogens is 1. The van der Waals surface area contributed by atoms with Gasteiger partial charge in [0.05, 0.1) is 4.92 Å². The molecule has 0 N–H and O–H groups in total. The second-order valence-electron chi connectivity index (χ2n) is 4.83. The van der Waals surface area contributed by atoms with Crippen molar-refractivity contribution in [1.82, 2.24) is 0 Å². The average Bonchev–Trinajstić information content (AvgIpc) is 2.78. The molecule has 0 amide bonds. The van der Waals surface area contributed by atoms with Crippen LogP contribution in [0.1, 0.15) is 16.0 Å². The first-order valence-corrected chi connectivity index (χ1v) is 7.28. The molecule has 3 aromatic rings. The normalized spacial score (nSPS) is 11.0. The van der Waals surface area contributed by atoms with Crippen LogP contribution in [0.2, 0.25) is 0 Å². The van der Waals surface area contributed by atoms with Gasteiger partial charge in [-0.15, -0.1) is 11.3 Å². The number of aryl methyl sites for hydroxylation is 1. The molecule has 1 heterocycles. The highest BCUT2D eigenvalue weighted by molar-refractivity contribution is 7.19. The van der Waals surface area contributed by atoms with Gasteiger partial charge in [0.1, 0.15) is 0 Å². The lowest BCUT2D eigenvalue weighted by Crippen LogP contribution is -1.98. The number of thiophene rings is 1. The Kier molecular flexibility index (Phi) is 3.43. The second-order valence-corrected chi connectivity index (χ2v) is 5.97. The molecule has 1 aromatic heterocycles. The van der Waals surface area contributed by atoms with Gasteiger partial charge in [-0.2, -0.15) is 4.39 Å². The molecule has 0 saturated carbocycles. The number of nitro benzene ring substituents is 1. The fourth-order valence-corrected chi connectivity index (χ4v) is 3.64. The molecule has 0 aliphatic carbocycles. The van der Waals surface area contributed by atoms with Crippen molar-refractivity contribution in [2.75, 3.05) is 0 Å². The maximum atomic E-state index is 14.2. The predicted molar refractivity (Wildman–Crippen MR) is 82.4 cm³/mol. The molecule has 0 saturated heterocycles. The third kappa shape index (κ3) is 2.40. The fraction of sp³-hybridized carbons (Fsp3) is 0.125. The van der Waals surface area contributed by atoms with E-state index in [1.807, 2.05) is 31.2 Å². The van der Waals surface area contributed by atoms with E-state index >= 15 is 0 Å². The predicted octanol–water partition coefficient (Wildman–Crippen LogP) is 4.85. The summed E-state index contributed by atoms with van der Waals surface area (Å²) in [4.78, 5) is 11.2. The minimum atomic E-state index is -0.737. The molecule has 0 atom stereocenters. The minimum Gasteiger partial charge on any atom is -0.258 e. The van der Waals surface area contributed by atoms with Gasteiger partial charge in [-0.3, -0.25) is 10.1 Å². The van der Waals surface area contributed by atoms with Crippen LogP contribution in [0.25, 0.3) is 10.1 Å². The topological polar surface area (TPSA) is 43.1 Å². The quantitative estimate of drug-likeness (QED) is 0.513. The molecular formula is C16H12FNO2S. The molecule has 5 heteroatoms. The van der Waals surface area contributed by atoms with Gasteiger partial charge in [0.2, 0.25) is 5.82 Å². The van der Waals surface area contributed by atoms with E-state index in [4.69, 9.17) is 0 Å². The summed E-state index contributed by atoms with van der Waals surface area (Å²) in [5.74, 6) is -0.737. The molecule has 0 radical (unpaired) electrons. The molecule has 3 rings (SSSR count). The van der Waals surface area contributed by atoms with Gasteiger partial charge < -0.3 is 0 Å². The van der Waals surface area contributed by atoms with Gasteiger partial charge in [0, 0.05) is 27.6 Å². The Balaban J connectivity index is 2.05. The minimum absolute atomic E-state index is 0.360. The Hall–Kier alpha value is -2.27. The summed E-state index contributed by atoms with van der Waals surface area (Å²) in [5.41, 5.74) is 1.01. The van der Waals surface area contributed by atoms with Crippen molar-refractivity contribution >= 4 is 27.1 Å². The SMILES string of the molecule is Cc1c(Cc2cccc([N+](=O)[O-])c2F)sc2ccccc12. The summed E-state index contributed by atoms with van der Waals surface area (Å²) in [7, 11) is 0. The van der Waals surface area contributed by atoms with Crippen molar-refractivity contribution in [3.8, 4) is 0 Å². The first kappa shape index (κ1) is 13.7. The maximum absolute atomic E-state index is 14.2. The fourth-order valence-electron chi connectivity index (χ4n) is 2.41. The Bertz CT molecular complexity index is 841. The summed E-state index contributed by atoms with van der Waals surface area (Å²) < 4.78 is 15.3. The van der Waals surface area contributed by atoms with Crippen LogP contribution in [0.5, 0.6) is 0 Å². The molecular weight excluding hydrogens is 289 g/mol. The van der Waals surface area contributed by atoms with E-state index in [1.54, 1.807) is 17.4 Å². The number of hydrogen-bond donors (Lipinski definition) is 0. The van der Waals surface area contributed by atoms with Crippen LogP contribution >= 0.6 is 11.3 Å². The van der Waals surface area contributed by atoms with Gasteiger partial charge in [-0.05, 0) is 23.9 Å². The number of rotatable bonds is 3. The van der Waals surface area contributed by atoms with Crippen LogP contribution in [0.15, 0.2) is 42.5 Å². The zero-order chi connectivity index (χ0) is 15.0. The molecule has 3 nitrogen and oxygen atoms in total. The number of hydrogen-bond acceptors (Lipinski definition) is 3. The second kappa shape index (κ2) is 5.26. The van der Waals surface area contributed by atoms with E-state index in [1.165, 1.54) is 12.1 Å². The number of benzene rings is 2. The van der Waals surface area contributed by atoms with Gasteiger partial charge in [-0.25, -0.2) is 0 Å². The van der Waals surface area contributed by atoms with Crippen LogP contribution in [0, 0.1) is 22.9 Å². The smallest absolute Gasteiger partial charge is 0.258 e. The van der Waals surface area contributed by atoms with Gasteiger partial charge in [0.25, 0.3) is 0 Å². The van der Waals surface area contributed by atoms with Crippen molar-refractivity contribution in [2.45, 2.75) is 13.3 Å². The molecule has 0 bridgehead atoms. The largest absolute Gasteiger partial charge is 0.305 e. The molecule has 21 heavy (non-hydrogen) atoms. The van der Waals surface area contributed by atoms with Crippen LogP contribution in [-0.4, -0.2) is 4.92 Å². The van der Waals surface area contributed by atoms with Crippen molar-refractivity contribution in [3.05, 3.63) is 74.4 Å².